The highest BCUT2D eigenvalue weighted by atomic mass is 16.6. The van der Waals surface area contributed by atoms with Gasteiger partial charge in [-0.1, -0.05) is 247 Å². The number of ether oxygens (including phenoxy) is 3. The zero-order valence-electron chi connectivity index (χ0n) is 43.7. The molecular weight excluding hydrogens is 813 g/mol. The van der Waals surface area contributed by atoms with Gasteiger partial charge in [0.2, 0.25) is 0 Å². The highest BCUT2D eigenvalue weighted by molar-refractivity contribution is 5.70. The lowest BCUT2D eigenvalue weighted by molar-refractivity contribution is -0.163. The minimum absolute atomic E-state index is 0.0626. The Kier molecular flexibility index (Phi) is 53.9. The van der Waals surface area contributed by atoms with Crippen LogP contribution in [0.1, 0.15) is 265 Å². The number of unbranched alkanes of at least 4 members (excludes halogenated alkanes) is 26. The molecule has 380 valence electrons. The van der Waals surface area contributed by atoms with E-state index in [1.807, 2.05) is 0 Å². The normalized spacial score (nSPS) is 12.8. The van der Waals surface area contributed by atoms with Crippen molar-refractivity contribution in [3.8, 4) is 0 Å². The van der Waals surface area contributed by atoms with Crippen LogP contribution in [0.5, 0.6) is 0 Å². The first kappa shape index (κ1) is 63.1. The van der Waals surface area contributed by atoms with Gasteiger partial charge in [0.15, 0.2) is 6.10 Å². The monoisotopic (exact) mass is 919 g/mol. The fraction of sp³-hybridized carbons (Fsp3) is 0.738. The molecule has 0 heterocycles. The van der Waals surface area contributed by atoms with Crippen LogP contribution < -0.4 is 0 Å². The summed E-state index contributed by atoms with van der Waals surface area (Å²) in [5.41, 5.74) is 0. The van der Waals surface area contributed by atoms with E-state index in [4.69, 9.17) is 14.2 Å². The molecule has 0 aliphatic heterocycles. The Bertz CT molecular complexity index is 1220. The van der Waals surface area contributed by atoms with Crippen molar-refractivity contribution in [2.45, 2.75) is 271 Å². The van der Waals surface area contributed by atoms with Gasteiger partial charge in [0.05, 0.1) is 6.61 Å². The summed E-state index contributed by atoms with van der Waals surface area (Å²) in [5, 5.41) is 0. The van der Waals surface area contributed by atoms with Crippen molar-refractivity contribution >= 4 is 11.9 Å². The molecule has 0 saturated heterocycles. The summed E-state index contributed by atoms with van der Waals surface area (Å²) in [4.78, 5) is 25.5. The van der Waals surface area contributed by atoms with Crippen LogP contribution in [0.4, 0.5) is 0 Å². The van der Waals surface area contributed by atoms with Crippen molar-refractivity contribution in [1.82, 2.24) is 0 Å². The van der Waals surface area contributed by atoms with E-state index in [-0.39, 0.29) is 25.2 Å². The van der Waals surface area contributed by atoms with Crippen LogP contribution in [-0.4, -0.2) is 37.9 Å². The Morgan fingerprint density at radius 3 is 1.17 bits per heavy atom. The molecule has 1 atom stereocenters. The summed E-state index contributed by atoms with van der Waals surface area (Å²) in [5.74, 6) is -0.433. The van der Waals surface area contributed by atoms with E-state index in [0.29, 0.717) is 19.4 Å². The lowest BCUT2D eigenvalue weighted by Crippen LogP contribution is -2.30. The first-order chi connectivity index (χ1) is 32.6. The fourth-order valence-corrected chi connectivity index (χ4v) is 7.75. The van der Waals surface area contributed by atoms with E-state index in [9.17, 15) is 9.59 Å². The van der Waals surface area contributed by atoms with E-state index in [2.05, 4.69) is 106 Å². The van der Waals surface area contributed by atoms with Crippen molar-refractivity contribution in [2.75, 3.05) is 19.8 Å². The molecule has 0 rings (SSSR count). The van der Waals surface area contributed by atoms with Gasteiger partial charge in [0.1, 0.15) is 6.61 Å². The first-order valence-electron chi connectivity index (χ1n) is 28.1. The number of esters is 2. The number of carbonyl (C=O) groups is 2. The van der Waals surface area contributed by atoms with E-state index in [1.54, 1.807) is 0 Å². The van der Waals surface area contributed by atoms with Crippen molar-refractivity contribution in [1.29, 1.82) is 0 Å². The van der Waals surface area contributed by atoms with Crippen LogP contribution in [0.25, 0.3) is 0 Å². The van der Waals surface area contributed by atoms with Gasteiger partial charge in [-0.2, -0.15) is 0 Å². The van der Waals surface area contributed by atoms with Crippen LogP contribution >= 0.6 is 0 Å². The molecule has 0 aromatic heterocycles. The maximum atomic E-state index is 12.9. The molecular formula is C61H106O5. The first-order valence-corrected chi connectivity index (χ1v) is 28.1. The minimum atomic E-state index is -0.558. The molecule has 1 unspecified atom stereocenters. The topological polar surface area (TPSA) is 61.8 Å². The van der Waals surface area contributed by atoms with Gasteiger partial charge in [-0.3, -0.25) is 9.59 Å². The molecule has 0 aromatic rings. The van der Waals surface area contributed by atoms with E-state index in [1.165, 1.54) is 141 Å². The second-order valence-corrected chi connectivity index (χ2v) is 18.5. The maximum Gasteiger partial charge on any atom is 0.306 e. The van der Waals surface area contributed by atoms with Crippen LogP contribution in [0, 0.1) is 0 Å². The van der Waals surface area contributed by atoms with E-state index in [0.717, 1.165) is 89.9 Å². The minimum Gasteiger partial charge on any atom is -0.462 e. The molecule has 5 heteroatoms. The Balaban J connectivity index is 4.33. The van der Waals surface area contributed by atoms with Crippen molar-refractivity contribution in [3.63, 3.8) is 0 Å². The fourth-order valence-electron chi connectivity index (χ4n) is 7.75. The quantitative estimate of drug-likeness (QED) is 0.0346. The van der Waals surface area contributed by atoms with Crippen molar-refractivity contribution in [3.05, 3.63) is 85.1 Å². The smallest absolute Gasteiger partial charge is 0.306 e. The number of rotatable bonds is 51. The van der Waals surface area contributed by atoms with Crippen molar-refractivity contribution < 1.29 is 23.8 Å². The summed E-state index contributed by atoms with van der Waals surface area (Å²) in [6.07, 6.45) is 74.6. The predicted octanol–water partition coefficient (Wildman–Crippen LogP) is 19.2. The third-order valence-corrected chi connectivity index (χ3v) is 11.9. The molecule has 0 spiro atoms. The van der Waals surface area contributed by atoms with E-state index >= 15 is 0 Å². The van der Waals surface area contributed by atoms with Gasteiger partial charge in [-0.05, 0) is 89.9 Å². The molecule has 0 saturated carbocycles. The Labute approximate surface area is 409 Å². The average Bonchev–Trinajstić information content (AvgIpc) is 3.32. The average molecular weight is 920 g/mol. The molecule has 0 radical (unpaired) electrons. The second kappa shape index (κ2) is 56.4. The lowest BCUT2D eigenvalue weighted by atomic mass is 10.0. The third-order valence-electron chi connectivity index (χ3n) is 11.9. The summed E-state index contributed by atoms with van der Waals surface area (Å²) in [6.45, 7) is 7.62. The standard InChI is InChI=1S/C61H106O5/c1-4-7-10-13-16-19-22-25-28-30-31-33-34-36-39-42-45-48-51-54-60(62)65-58-59(57-64-56-53-50-47-44-41-38-27-24-21-18-15-12-9-6-3)66-61(63)55-52-49-46-43-40-37-35-32-29-26-23-20-17-14-11-8-5-2/h7,10,12,15-16,19,21,24-25,28,31,33,36,39,59H,4-6,8-9,11,13-14,17-18,20,22-23,26-27,29-30,32,34-35,37-38,40-58H2,1-3H3/b10-7-,15-12-,19-16-,24-21-,28-25-,33-31-,39-36-. The van der Waals surface area contributed by atoms with Crippen molar-refractivity contribution in [2.24, 2.45) is 0 Å². The molecule has 0 aromatic carbocycles. The van der Waals surface area contributed by atoms with Gasteiger partial charge < -0.3 is 14.2 Å². The molecule has 0 aliphatic carbocycles. The largest absolute Gasteiger partial charge is 0.462 e. The summed E-state index contributed by atoms with van der Waals surface area (Å²) < 4.78 is 17.4. The zero-order valence-corrected chi connectivity index (χ0v) is 43.7. The van der Waals surface area contributed by atoms with Gasteiger partial charge in [-0.25, -0.2) is 0 Å². The Hall–Kier alpha value is -2.92. The third kappa shape index (κ3) is 53.7. The molecule has 66 heavy (non-hydrogen) atoms. The molecule has 0 amide bonds. The summed E-state index contributed by atoms with van der Waals surface area (Å²) >= 11 is 0. The van der Waals surface area contributed by atoms with Gasteiger partial charge in [0.25, 0.3) is 0 Å². The molecule has 0 fully saturated rings. The van der Waals surface area contributed by atoms with Crippen LogP contribution in [0.15, 0.2) is 85.1 Å². The summed E-state index contributed by atoms with van der Waals surface area (Å²) in [6, 6.07) is 0. The van der Waals surface area contributed by atoms with E-state index < -0.39 is 6.10 Å². The SMILES string of the molecule is CC/C=C\C/C=C\C/C=C\C/C=C\C/C=C\CCCCCC(=O)OCC(COCCCCCCCC/C=C\C/C=C\CCC)OC(=O)CCCCCCCCCCCCCCCCCCC. The highest BCUT2D eigenvalue weighted by Crippen LogP contribution is 2.15. The van der Waals surface area contributed by atoms with Gasteiger partial charge in [0, 0.05) is 19.4 Å². The second-order valence-electron chi connectivity index (χ2n) is 18.5. The zero-order chi connectivity index (χ0) is 47.7. The van der Waals surface area contributed by atoms with Gasteiger partial charge in [-0.15, -0.1) is 0 Å². The predicted molar refractivity (Wildman–Crippen MR) is 288 cm³/mol. The summed E-state index contributed by atoms with van der Waals surface area (Å²) in [7, 11) is 0. The molecule has 5 nitrogen and oxygen atoms in total. The van der Waals surface area contributed by atoms with Crippen LogP contribution in [-0.2, 0) is 23.8 Å². The molecule has 0 N–H and O–H groups in total. The highest BCUT2D eigenvalue weighted by Gasteiger charge is 2.17. The molecule has 0 aliphatic rings. The number of carbonyl (C=O) groups excluding carboxylic acids is 2. The maximum absolute atomic E-state index is 12.9. The number of hydrogen-bond donors (Lipinski definition) is 0. The lowest BCUT2D eigenvalue weighted by Gasteiger charge is -2.18. The Morgan fingerprint density at radius 1 is 0.348 bits per heavy atom. The molecule has 0 bridgehead atoms. The number of hydrogen-bond acceptors (Lipinski definition) is 5. The van der Waals surface area contributed by atoms with Crippen LogP contribution in [0.2, 0.25) is 0 Å². The van der Waals surface area contributed by atoms with Gasteiger partial charge >= 0.3 is 11.9 Å². The Morgan fingerprint density at radius 2 is 0.712 bits per heavy atom. The number of allylic oxidation sites excluding steroid dienone is 14. The van der Waals surface area contributed by atoms with Crippen LogP contribution in [0.3, 0.4) is 0 Å².